The Labute approximate surface area is 221 Å². The molecule has 9 nitrogen and oxygen atoms in total. The first-order valence-corrected chi connectivity index (χ1v) is 12.4. The Morgan fingerprint density at radius 2 is 1.94 bits per heavy atom. The third-order valence-corrected chi connectivity index (χ3v) is 7.65. The summed E-state index contributed by atoms with van der Waals surface area (Å²) < 4.78 is 1.22. The number of pyridine rings is 1. The third kappa shape index (κ3) is 4.15. The number of nitrogen functional groups attached to an aromatic ring is 1. The number of nitrogens with one attached hydrogen (secondary N) is 1. The maximum absolute atomic E-state index is 12.8. The largest absolute Gasteiger partial charge is 0.382 e. The van der Waals surface area contributed by atoms with Gasteiger partial charge < -0.3 is 16.0 Å². The van der Waals surface area contributed by atoms with Crippen molar-refractivity contribution in [1.29, 1.82) is 0 Å². The van der Waals surface area contributed by atoms with E-state index in [1.165, 1.54) is 0 Å². The van der Waals surface area contributed by atoms with Crippen molar-refractivity contribution in [2.45, 2.75) is 23.3 Å². The quantitative estimate of drug-likeness (QED) is 0.161. The number of nitrogens with two attached hydrogens (primary N) is 1. The maximum atomic E-state index is 12.8. The Bertz CT molecular complexity index is 1520. The first kappa shape index (κ1) is 23.7. The van der Waals surface area contributed by atoms with Crippen LogP contribution >= 0.6 is 22.6 Å². The van der Waals surface area contributed by atoms with Crippen molar-refractivity contribution in [2.24, 2.45) is 0 Å². The molecule has 0 aliphatic carbocycles. The lowest BCUT2D eigenvalue weighted by Crippen LogP contribution is -2.41. The number of halogens is 1. The van der Waals surface area contributed by atoms with Gasteiger partial charge in [-0.2, -0.15) is 0 Å². The Kier molecular flexibility index (Phi) is 6.32. The smallest absolute Gasteiger partial charge is 0.299 e. The van der Waals surface area contributed by atoms with Crippen molar-refractivity contribution < 1.29 is 9.59 Å². The van der Waals surface area contributed by atoms with Crippen LogP contribution in [0.3, 0.4) is 0 Å². The van der Waals surface area contributed by atoms with Crippen LogP contribution in [0.15, 0.2) is 61.1 Å². The number of hydrogen-bond donors (Lipinski definition) is 2. The molecule has 1 aliphatic rings. The van der Waals surface area contributed by atoms with E-state index in [1.54, 1.807) is 60.7 Å². The number of fused-ring (bicyclic) bond motifs is 1. The van der Waals surface area contributed by atoms with E-state index in [-0.39, 0.29) is 11.8 Å². The summed E-state index contributed by atoms with van der Waals surface area (Å²) >= 11 is 2.30. The summed E-state index contributed by atoms with van der Waals surface area (Å²) in [5, 5.41) is 2.78. The van der Waals surface area contributed by atoms with Crippen molar-refractivity contribution >= 4 is 51.6 Å². The number of aromatic nitrogens is 4. The minimum Gasteiger partial charge on any atom is -0.382 e. The molecule has 0 radical (unpaired) electrons. The summed E-state index contributed by atoms with van der Waals surface area (Å²) in [6.45, 7) is 2.25. The monoisotopic (exact) mass is 591 g/mol. The van der Waals surface area contributed by atoms with Gasteiger partial charge in [0.1, 0.15) is 22.8 Å². The number of rotatable bonds is 4. The zero-order chi connectivity index (χ0) is 25.3. The summed E-state index contributed by atoms with van der Waals surface area (Å²) in [6.07, 6.45) is 6.61. The second-order valence-corrected chi connectivity index (χ2v) is 10.0. The fraction of sp³-hybridized carbons (Fsp3) is 0.192. The van der Waals surface area contributed by atoms with Gasteiger partial charge in [0.05, 0.1) is 0 Å². The number of anilines is 2. The van der Waals surface area contributed by atoms with Gasteiger partial charge in [-0.3, -0.25) is 14.0 Å². The number of nitrogens with zero attached hydrogens (tertiary/aromatic N) is 5. The SMILES string of the molecule is CC#CC(=O)N1CCCC1(I)c1nc(-c2ccc(C(=O)Nc3ccccn3)cc2)c2c(N)nccn12. The molecule has 1 fully saturated rings. The normalized spacial score (nSPS) is 17.0. The molecule has 1 atom stereocenters. The molecular weight excluding hydrogens is 569 g/mol. The van der Waals surface area contributed by atoms with E-state index in [0.29, 0.717) is 40.8 Å². The van der Waals surface area contributed by atoms with Gasteiger partial charge in [-0.15, -0.1) is 0 Å². The maximum Gasteiger partial charge on any atom is 0.299 e. The molecule has 0 bridgehead atoms. The summed E-state index contributed by atoms with van der Waals surface area (Å²) in [6, 6.07) is 12.4. The molecule has 2 amide bonds. The van der Waals surface area contributed by atoms with Crippen LogP contribution in [0.25, 0.3) is 16.8 Å². The van der Waals surface area contributed by atoms with Gasteiger partial charge in [-0.05, 0) is 72.5 Å². The van der Waals surface area contributed by atoms with Crippen LogP contribution in [0.4, 0.5) is 11.6 Å². The van der Waals surface area contributed by atoms with Crippen molar-refractivity contribution in [2.75, 3.05) is 17.6 Å². The molecule has 3 N–H and O–H groups in total. The lowest BCUT2D eigenvalue weighted by atomic mass is 10.1. The number of alkyl halides is 1. The molecular formula is C26H22IN7O2. The standard InChI is InChI=1S/C26H22IN7O2/c1-2-6-20(35)34-15-5-12-26(34,27)25-32-21(22-23(28)30-14-16-33(22)25)17-8-10-18(11-9-17)24(36)31-19-7-3-4-13-29-19/h3-4,7-11,13-14,16H,5,12,15H2,1H3,(H2,28,30)(H,29,31,36). The molecule has 4 aromatic rings. The van der Waals surface area contributed by atoms with Crippen LogP contribution in [0.5, 0.6) is 0 Å². The van der Waals surface area contributed by atoms with E-state index in [9.17, 15) is 9.59 Å². The van der Waals surface area contributed by atoms with Crippen LogP contribution in [0.2, 0.25) is 0 Å². The molecule has 1 aromatic carbocycles. The molecule has 180 valence electrons. The lowest BCUT2D eigenvalue weighted by Gasteiger charge is -2.30. The number of carbonyl (C=O) groups is 2. The number of hydrogen-bond acceptors (Lipinski definition) is 6. The van der Waals surface area contributed by atoms with E-state index >= 15 is 0 Å². The third-order valence-electron chi connectivity index (χ3n) is 6.05. The van der Waals surface area contributed by atoms with Crippen LogP contribution < -0.4 is 11.1 Å². The average Bonchev–Trinajstić information content (AvgIpc) is 3.48. The van der Waals surface area contributed by atoms with Crippen molar-refractivity contribution in [3.63, 3.8) is 0 Å². The van der Waals surface area contributed by atoms with E-state index < -0.39 is 3.55 Å². The molecule has 3 aromatic heterocycles. The number of likely N-dealkylation sites (tertiary alicyclic amines) is 1. The fourth-order valence-electron chi connectivity index (χ4n) is 4.39. The second kappa shape index (κ2) is 9.58. The Balaban J connectivity index is 1.54. The average molecular weight is 591 g/mol. The summed E-state index contributed by atoms with van der Waals surface area (Å²) in [4.78, 5) is 40.6. The van der Waals surface area contributed by atoms with Crippen molar-refractivity contribution in [1.82, 2.24) is 24.3 Å². The Morgan fingerprint density at radius 3 is 2.67 bits per heavy atom. The Morgan fingerprint density at radius 1 is 1.14 bits per heavy atom. The van der Waals surface area contributed by atoms with Crippen molar-refractivity contribution in [3.8, 4) is 23.1 Å². The summed E-state index contributed by atoms with van der Waals surface area (Å²) in [7, 11) is 0. The highest BCUT2D eigenvalue weighted by Crippen LogP contribution is 2.46. The first-order valence-electron chi connectivity index (χ1n) is 11.3. The molecule has 4 heterocycles. The van der Waals surface area contributed by atoms with Gasteiger partial charge in [0, 0.05) is 36.3 Å². The zero-order valence-corrected chi connectivity index (χ0v) is 21.6. The molecule has 1 saturated heterocycles. The molecule has 10 heteroatoms. The number of benzene rings is 1. The zero-order valence-electron chi connectivity index (χ0n) is 19.4. The van der Waals surface area contributed by atoms with E-state index in [4.69, 9.17) is 10.7 Å². The highest BCUT2D eigenvalue weighted by atomic mass is 127. The van der Waals surface area contributed by atoms with E-state index in [2.05, 4.69) is 49.7 Å². The fourth-order valence-corrected chi connectivity index (χ4v) is 5.62. The van der Waals surface area contributed by atoms with Gasteiger partial charge in [0.25, 0.3) is 11.8 Å². The molecule has 0 saturated carbocycles. The van der Waals surface area contributed by atoms with Gasteiger partial charge >= 0.3 is 0 Å². The molecule has 1 unspecified atom stereocenters. The van der Waals surface area contributed by atoms with Crippen LogP contribution in [-0.2, 0) is 8.34 Å². The van der Waals surface area contributed by atoms with Gasteiger partial charge in [-0.1, -0.05) is 24.1 Å². The minimum absolute atomic E-state index is 0.229. The minimum atomic E-state index is -0.684. The van der Waals surface area contributed by atoms with Crippen LogP contribution in [0, 0.1) is 11.8 Å². The van der Waals surface area contributed by atoms with Gasteiger partial charge in [-0.25, -0.2) is 15.0 Å². The van der Waals surface area contributed by atoms with E-state index in [0.717, 1.165) is 18.4 Å². The molecule has 0 spiro atoms. The number of imidazole rings is 1. The van der Waals surface area contributed by atoms with E-state index in [1.807, 2.05) is 16.5 Å². The van der Waals surface area contributed by atoms with Crippen LogP contribution in [-0.4, -0.2) is 42.6 Å². The lowest BCUT2D eigenvalue weighted by molar-refractivity contribution is -0.126. The molecule has 36 heavy (non-hydrogen) atoms. The second-order valence-electron chi connectivity index (χ2n) is 8.26. The predicted molar refractivity (Wildman–Crippen MR) is 145 cm³/mol. The van der Waals surface area contributed by atoms with Gasteiger partial charge in [0.2, 0.25) is 0 Å². The topological polar surface area (TPSA) is 119 Å². The molecule has 1 aliphatic heterocycles. The predicted octanol–water partition coefficient (Wildman–Crippen LogP) is 3.86. The summed E-state index contributed by atoms with van der Waals surface area (Å²) in [5.41, 5.74) is 8.84. The highest BCUT2D eigenvalue weighted by Gasteiger charge is 2.46. The van der Waals surface area contributed by atoms with Crippen molar-refractivity contribution in [3.05, 3.63) is 72.4 Å². The van der Waals surface area contributed by atoms with Crippen LogP contribution in [0.1, 0.15) is 35.9 Å². The highest BCUT2D eigenvalue weighted by molar-refractivity contribution is 14.1. The first-order chi connectivity index (χ1) is 17.4. The number of amides is 2. The van der Waals surface area contributed by atoms with Gasteiger partial charge in [0.15, 0.2) is 9.37 Å². The Hall–Kier alpha value is -3.98. The summed E-state index contributed by atoms with van der Waals surface area (Å²) in [5.74, 6) is 6.36. The molecule has 5 rings (SSSR count). The number of carbonyl (C=O) groups excluding carboxylic acids is 2.